The molecule has 0 saturated carbocycles. The number of anilines is 1. The third-order valence-electron chi connectivity index (χ3n) is 3.96. The van der Waals surface area contributed by atoms with Crippen LogP contribution in [0.4, 0.5) is 5.69 Å². The number of aryl methyl sites for hydroxylation is 1. The van der Waals surface area contributed by atoms with E-state index in [1.165, 1.54) is 0 Å². The summed E-state index contributed by atoms with van der Waals surface area (Å²) in [6.45, 7) is 5.94. The summed E-state index contributed by atoms with van der Waals surface area (Å²) in [6.07, 6.45) is 0. The van der Waals surface area contributed by atoms with Gasteiger partial charge in [0, 0.05) is 19.1 Å². The third-order valence-corrected chi connectivity index (χ3v) is 3.96. The predicted octanol–water partition coefficient (Wildman–Crippen LogP) is 2.08. The summed E-state index contributed by atoms with van der Waals surface area (Å²) in [6, 6.07) is 6.15. The SMILES string of the molecule is Cc1ccc(N2CC(C)C(N(C)C)C2)c(C(=O)O)c1. The number of hydrogen-bond donors (Lipinski definition) is 1. The van der Waals surface area contributed by atoms with Crippen LogP contribution in [0.5, 0.6) is 0 Å². The first-order valence-corrected chi connectivity index (χ1v) is 6.65. The molecule has 0 radical (unpaired) electrons. The summed E-state index contributed by atoms with van der Waals surface area (Å²) in [5, 5.41) is 9.35. The molecule has 1 aromatic rings. The Bertz CT molecular complexity index is 485. The van der Waals surface area contributed by atoms with Gasteiger partial charge in [0.2, 0.25) is 0 Å². The molecule has 1 saturated heterocycles. The number of aromatic carboxylic acids is 1. The van der Waals surface area contributed by atoms with E-state index in [9.17, 15) is 9.90 Å². The smallest absolute Gasteiger partial charge is 0.337 e. The van der Waals surface area contributed by atoms with E-state index in [1.54, 1.807) is 6.07 Å². The number of likely N-dealkylation sites (N-methyl/N-ethyl adjacent to an activating group) is 1. The minimum absolute atomic E-state index is 0.409. The van der Waals surface area contributed by atoms with Crippen LogP contribution in [0.1, 0.15) is 22.8 Å². The van der Waals surface area contributed by atoms with Gasteiger partial charge in [-0.3, -0.25) is 0 Å². The zero-order chi connectivity index (χ0) is 14.2. The standard InChI is InChI=1S/C15H22N2O2/c1-10-5-6-13(12(7-10)15(18)19)17-8-11(2)14(9-17)16(3)4/h5-7,11,14H,8-9H2,1-4H3,(H,18,19). The molecule has 0 amide bonds. The first-order chi connectivity index (χ1) is 8.90. The van der Waals surface area contributed by atoms with Gasteiger partial charge in [-0.2, -0.15) is 0 Å². The van der Waals surface area contributed by atoms with Gasteiger partial charge in [-0.15, -0.1) is 0 Å². The minimum Gasteiger partial charge on any atom is -0.478 e. The maximum Gasteiger partial charge on any atom is 0.337 e. The van der Waals surface area contributed by atoms with Gasteiger partial charge < -0.3 is 14.9 Å². The second-order valence-electron chi connectivity index (χ2n) is 5.74. The number of carbonyl (C=O) groups is 1. The second-order valence-corrected chi connectivity index (χ2v) is 5.74. The van der Waals surface area contributed by atoms with Crippen LogP contribution < -0.4 is 4.90 Å². The quantitative estimate of drug-likeness (QED) is 0.905. The van der Waals surface area contributed by atoms with Crippen molar-refractivity contribution < 1.29 is 9.90 Å². The highest BCUT2D eigenvalue weighted by Crippen LogP contribution is 2.29. The van der Waals surface area contributed by atoms with Crippen molar-refractivity contribution in [2.45, 2.75) is 19.9 Å². The van der Waals surface area contributed by atoms with Crippen molar-refractivity contribution in [2.24, 2.45) is 5.92 Å². The van der Waals surface area contributed by atoms with E-state index in [2.05, 4.69) is 30.8 Å². The first-order valence-electron chi connectivity index (χ1n) is 6.65. The van der Waals surface area contributed by atoms with Gasteiger partial charge in [0.25, 0.3) is 0 Å². The van der Waals surface area contributed by atoms with Crippen molar-refractivity contribution >= 4 is 11.7 Å². The van der Waals surface area contributed by atoms with E-state index < -0.39 is 5.97 Å². The predicted molar refractivity (Wildman–Crippen MR) is 77.0 cm³/mol. The highest BCUT2D eigenvalue weighted by Gasteiger charge is 2.32. The lowest BCUT2D eigenvalue weighted by Gasteiger charge is -2.23. The molecule has 1 aliphatic heterocycles. The van der Waals surface area contributed by atoms with Crippen molar-refractivity contribution in [1.29, 1.82) is 0 Å². The zero-order valence-electron chi connectivity index (χ0n) is 12.1. The molecule has 1 aromatic carbocycles. The maximum atomic E-state index is 11.4. The lowest BCUT2D eigenvalue weighted by Crippen LogP contribution is -2.34. The van der Waals surface area contributed by atoms with Crippen molar-refractivity contribution in [3.8, 4) is 0 Å². The molecule has 2 atom stereocenters. The molecule has 1 aliphatic rings. The molecule has 2 unspecified atom stereocenters. The highest BCUT2D eigenvalue weighted by molar-refractivity contribution is 5.94. The summed E-state index contributed by atoms with van der Waals surface area (Å²) in [7, 11) is 4.16. The van der Waals surface area contributed by atoms with E-state index >= 15 is 0 Å². The molecule has 19 heavy (non-hydrogen) atoms. The van der Waals surface area contributed by atoms with Gasteiger partial charge in [0.15, 0.2) is 0 Å². The number of carboxylic acid groups (broad SMARTS) is 1. The fourth-order valence-electron chi connectivity index (χ4n) is 2.92. The molecule has 104 valence electrons. The van der Waals surface area contributed by atoms with Crippen LogP contribution >= 0.6 is 0 Å². The lowest BCUT2D eigenvalue weighted by molar-refractivity contribution is 0.0697. The van der Waals surface area contributed by atoms with Crippen LogP contribution in [0.2, 0.25) is 0 Å². The average Bonchev–Trinajstić information content (AvgIpc) is 2.71. The van der Waals surface area contributed by atoms with Gasteiger partial charge in [-0.05, 0) is 39.1 Å². The van der Waals surface area contributed by atoms with Crippen LogP contribution in [-0.4, -0.2) is 49.2 Å². The van der Waals surface area contributed by atoms with Crippen LogP contribution in [0, 0.1) is 12.8 Å². The maximum absolute atomic E-state index is 11.4. The molecule has 0 aliphatic carbocycles. The molecular weight excluding hydrogens is 240 g/mol. The number of nitrogens with zero attached hydrogens (tertiary/aromatic N) is 2. The van der Waals surface area contributed by atoms with Crippen LogP contribution in [0.3, 0.4) is 0 Å². The van der Waals surface area contributed by atoms with Gasteiger partial charge in [0.1, 0.15) is 0 Å². The fraction of sp³-hybridized carbons (Fsp3) is 0.533. The minimum atomic E-state index is -0.848. The van der Waals surface area contributed by atoms with Crippen molar-refractivity contribution in [3.05, 3.63) is 29.3 Å². The number of benzene rings is 1. The monoisotopic (exact) mass is 262 g/mol. The molecule has 4 nitrogen and oxygen atoms in total. The Labute approximate surface area is 114 Å². The van der Waals surface area contributed by atoms with Gasteiger partial charge in [0.05, 0.1) is 11.3 Å². The van der Waals surface area contributed by atoms with E-state index in [0.29, 0.717) is 17.5 Å². The molecule has 1 heterocycles. The van der Waals surface area contributed by atoms with Gasteiger partial charge in [-0.1, -0.05) is 18.6 Å². The van der Waals surface area contributed by atoms with Crippen molar-refractivity contribution in [3.63, 3.8) is 0 Å². The third kappa shape index (κ3) is 2.73. The largest absolute Gasteiger partial charge is 0.478 e. The Balaban J connectivity index is 2.31. The fourth-order valence-corrected chi connectivity index (χ4v) is 2.92. The summed E-state index contributed by atoms with van der Waals surface area (Å²) in [4.78, 5) is 15.8. The van der Waals surface area contributed by atoms with Crippen molar-refractivity contribution in [2.75, 3.05) is 32.1 Å². The first kappa shape index (κ1) is 13.9. The number of hydrogen-bond acceptors (Lipinski definition) is 3. The highest BCUT2D eigenvalue weighted by atomic mass is 16.4. The Hall–Kier alpha value is -1.55. The topological polar surface area (TPSA) is 43.8 Å². The molecule has 1 fully saturated rings. The van der Waals surface area contributed by atoms with E-state index in [1.807, 2.05) is 19.1 Å². The molecule has 4 heteroatoms. The van der Waals surface area contributed by atoms with E-state index in [0.717, 1.165) is 24.3 Å². The van der Waals surface area contributed by atoms with Gasteiger partial charge in [-0.25, -0.2) is 4.79 Å². The van der Waals surface area contributed by atoms with E-state index in [-0.39, 0.29) is 0 Å². The van der Waals surface area contributed by atoms with Crippen LogP contribution in [0.25, 0.3) is 0 Å². The average molecular weight is 262 g/mol. The molecule has 0 aromatic heterocycles. The summed E-state index contributed by atoms with van der Waals surface area (Å²) < 4.78 is 0. The number of carboxylic acids is 1. The number of rotatable bonds is 3. The summed E-state index contributed by atoms with van der Waals surface area (Å²) in [5.74, 6) is -0.308. The Morgan fingerprint density at radius 2 is 2.05 bits per heavy atom. The summed E-state index contributed by atoms with van der Waals surface area (Å²) in [5.41, 5.74) is 2.23. The normalized spacial score (nSPS) is 23.1. The van der Waals surface area contributed by atoms with Crippen molar-refractivity contribution in [1.82, 2.24) is 4.90 Å². The molecule has 1 N–H and O–H groups in total. The Kier molecular flexibility index (Phi) is 3.80. The molecular formula is C15H22N2O2. The lowest BCUT2D eigenvalue weighted by atomic mass is 10.1. The molecule has 0 spiro atoms. The van der Waals surface area contributed by atoms with Crippen LogP contribution in [0.15, 0.2) is 18.2 Å². The van der Waals surface area contributed by atoms with E-state index in [4.69, 9.17) is 0 Å². The van der Waals surface area contributed by atoms with Crippen LogP contribution in [-0.2, 0) is 0 Å². The molecule has 2 rings (SSSR count). The second kappa shape index (κ2) is 5.21. The van der Waals surface area contributed by atoms with Gasteiger partial charge >= 0.3 is 5.97 Å². The molecule has 0 bridgehead atoms. The Morgan fingerprint density at radius 3 is 2.58 bits per heavy atom. The summed E-state index contributed by atoms with van der Waals surface area (Å²) >= 11 is 0. The zero-order valence-corrected chi connectivity index (χ0v) is 12.1. The Morgan fingerprint density at radius 1 is 1.37 bits per heavy atom.